The number of nitrogens with zero attached hydrogens (tertiary/aromatic N) is 2. The molecule has 0 fully saturated rings. The van der Waals surface area contributed by atoms with Gasteiger partial charge in [0.05, 0.1) is 28.6 Å². The molecule has 25 heavy (non-hydrogen) atoms. The second-order valence-corrected chi connectivity index (χ2v) is 7.69. The maximum Gasteiger partial charge on any atom is 0.262 e. The molecule has 4 nitrogen and oxygen atoms in total. The SMILES string of the molecule is CCc1nc2sc(C)c(-c3ccc(Cl)c(Cl)c3)c2c(=O)n1CCOC. The third kappa shape index (κ3) is 3.34. The molecule has 0 bridgehead atoms. The van der Waals surface area contributed by atoms with Crippen molar-refractivity contribution in [2.75, 3.05) is 13.7 Å². The topological polar surface area (TPSA) is 44.1 Å². The van der Waals surface area contributed by atoms with Gasteiger partial charge in [0, 0.05) is 24.0 Å². The van der Waals surface area contributed by atoms with Crippen molar-refractivity contribution in [2.24, 2.45) is 0 Å². The fraction of sp³-hybridized carbons (Fsp3) is 0.333. The number of thiophene rings is 1. The molecule has 0 aliphatic rings. The Kier molecular flexibility index (Phi) is 5.49. The quantitative estimate of drug-likeness (QED) is 0.612. The summed E-state index contributed by atoms with van der Waals surface area (Å²) in [6.45, 7) is 4.94. The van der Waals surface area contributed by atoms with E-state index in [9.17, 15) is 4.79 Å². The van der Waals surface area contributed by atoms with Gasteiger partial charge in [-0.3, -0.25) is 9.36 Å². The van der Waals surface area contributed by atoms with Crippen molar-refractivity contribution in [1.29, 1.82) is 0 Å². The van der Waals surface area contributed by atoms with E-state index in [1.54, 1.807) is 23.8 Å². The minimum absolute atomic E-state index is 0.0377. The summed E-state index contributed by atoms with van der Waals surface area (Å²) in [5.41, 5.74) is 1.72. The van der Waals surface area contributed by atoms with Gasteiger partial charge in [-0.2, -0.15) is 0 Å². The van der Waals surface area contributed by atoms with E-state index in [4.69, 9.17) is 32.9 Å². The Hall–Kier alpha value is -1.40. The molecule has 0 aliphatic carbocycles. The molecular formula is C18H18Cl2N2O2S. The zero-order chi connectivity index (χ0) is 18.1. The van der Waals surface area contributed by atoms with E-state index in [1.165, 1.54) is 11.3 Å². The Morgan fingerprint density at radius 2 is 2.04 bits per heavy atom. The van der Waals surface area contributed by atoms with Gasteiger partial charge in [-0.15, -0.1) is 11.3 Å². The van der Waals surface area contributed by atoms with Crippen LogP contribution in [-0.2, 0) is 17.7 Å². The van der Waals surface area contributed by atoms with Gasteiger partial charge in [0.2, 0.25) is 0 Å². The van der Waals surface area contributed by atoms with E-state index in [-0.39, 0.29) is 5.56 Å². The number of halogens is 2. The number of methoxy groups -OCH3 is 1. The van der Waals surface area contributed by atoms with Crippen LogP contribution >= 0.6 is 34.5 Å². The van der Waals surface area contributed by atoms with Crippen LogP contribution in [0.5, 0.6) is 0 Å². The molecule has 0 radical (unpaired) electrons. The average Bonchev–Trinajstić information content (AvgIpc) is 2.92. The number of aromatic nitrogens is 2. The monoisotopic (exact) mass is 396 g/mol. The molecule has 132 valence electrons. The summed E-state index contributed by atoms with van der Waals surface area (Å²) in [6, 6.07) is 5.43. The maximum absolute atomic E-state index is 13.2. The zero-order valence-corrected chi connectivity index (χ0v) is 16.6. The van der Waals surface area contributed by atoms with Gasteiger partial charge >= 0.3 is 0 Å². The second-order valence-electron chi connectivity index (χ2n) is 5.67. The minimum Gasteiger partial charge on any atom is -0.383 e. The van der Waals surface area contributed by atoms with E-state index in [0.29, 0.717) is 35.0 Å². The second kappa shape index (κ2) is 7.46. The van der Waals surface area contributed by atoms with Crippen LogP contribution in [-0.4, -0.2) is 23.3 Å². The van der Waals surface area contributed by atoms with Crippen molar-refractivity contribution >= 4 is 44.8 Å². The third-order valence-electron chi connectivity index (χ3n) is 4.11. The van der Waals surface area contributed by atoms with Crippen molar-refractivity contribution in [2.45, 2.75) is 26.8 Å². The molecule has 0 spiro atoms. The van der Waals surface area contributed by atoms with Crippen molar-refractivity contribution in [3.63, 3.8) is 0 Å². The highest BCUT2D eigenvalue weighted by Gasteiger charge is 2.19. The summed E-state index contributed by atoms with van der Waals surface area (Å²) in [4.78, 5) is 19.7. The molecule has 0 saturated heterocycles. The van der Waals surface area contributed by atoms with E-state index >= 15 is 0 Å². The first kappa shape index (κ1) is 18.4. The van der Waals surface area contributed by atoms with E-state index < -0.39 is 0 Å². The van der Waals surface area contributed by atoms with Gasteiger partial charge in [-0.25, -0.2) is 4.98 Å². The van der Waals surface area contributed by atoms with Crippen LogP contribution in [0.15, 0.2) is 23.0 Å². The zero-order valence-electron chi connectivity index (χ0n) is 14.2. The number of rotatable bonds is 5. The van der Waals surface area contributed by atoms with Crippen molar-refractivity contribution < 1.29 is 4.74 Å². The molecule has 1 aromatic carbocycles. The average molecular weight is 397 g/mol. The molecule has 0 atom stereocenters. The maximum atomic E-state index is 13.2. The summed E-state index contributed by atoms with van der Waals surface area (Å²) in [5, 5.41) is 1.59. The number of hydrogen-bond donors (Lipinski definition) is 0. The number of ether oxygens (including phenoxy) is 1. The molecule has 7 heteroatoms. The molecule has 0 unspecified atom stereocenters. The van der Waals surface area contributed by atoms with E-state index in [1.807, 2.05) is 19.9 Å². The summed E-state index contributed by atoms with van der Waals surface area (Å²) in [5.74, 6) is 0.775. The molecule has 2 aromatic heterocycles. The normalized spacial score (nSPS) is 11.4. The van der Waals surface area contributed by atoms with E-state index in [2.05, 4.69) is 0 Å². The lowest BCUT2D eigenvalue weighted by atomic mass is 10.0. The standard InChI is InChI=1S/C18H18Cl2N2O2S/c1-4-14-21-17-16(18(23)22(14)7-8-24-3)15(10(2)25-17)11-5-6-12(19)13(20)9-11/h5-6,9H,4,7-8H2,1-3H3. The predicted octanol–water partition coefficient (Wildman–Crippen LogP) is 4.95. The Balaban J connectivity index is 2.31. The smallest absolute Gasteiger partial charge is 0.262 e. The third-order valence-corrected chi connectivity index (χ3v) is 5.85. The summed E-state index contributed by atoms with van der Waals surface area (Å²) < 4.78 is 6.85. The predicted molar refractivity (Wildman–Crippen MR) is 105 cm³/mol. The van der Waals surface area contributed by atoms with Gasteiger partial charge in [0.15, 0.2) is 0 Å². The summed E-state index contributed by atoms with van der Waals surface area (Å²) in [7, 11) is 1.62. The Morgan fingerprint density at radius 3 is 2.68 bits per heavy atom. The highest BCUT2D eigenvalue weighted by molar-refractivity contribution is 7.19. The molecule has 2 heterocycles. The number of hydrogen-bond acceptors (Lipinski definition) is 4. The van der Waals surface area contributed by atoms with Gasteiger partial charge in [-0.1, -0.05) is 36.2 Å². The van der Waals surface area contributed by atoms with E-state index in [0.717, 1.165) is 26.7 Å². The number of benzene rings is 1. The minimum atomic E-state index is -0.0377. The van der Waals surface area contributed by atoms with Crippen LogP contribution in [0.4, 0.5) is 0 Å². The molecule has 0 N–H and O–H groups in total. The molecule has 0 aliphatic heterocycles. The summed E-state index contributed by atoms with van der Waals surface area (Å²) >= 11 is 13.7. The Morgan fingerprint density at radius 1 is 1.28 bits per heavy atom. The number of fused-ring (bicyclic) bond motifs is 1. The fourth-order valence-electron chi connectivity index (χ4n) is 2.92. The van der Waals surface area contributed by atoms with Gasteiger partial charge < -0.3 is 4.74 Å². The molecular weight excluding hydrogens is 379 g/mol. The Labute approximate surface area is 160 Å². The van der Waals surface area contributed by atoms with Crippen molar-refractivity contribution in [1.82, 2.24) is 9.55 Å². The van der Waals surface area contributed by atoms with Crippen LogP contribution in [0.2, 0.25) is 10.0 Å². The van der Waals surface area contributed by atoms with Gasteiger partial charge in [-0.05, 0) is 24.6 Å². The van der Waals surface area contributed by atoms with Crippen molar-refractivity contribution in [3.8, 4) is 11.1 Å². The highest BCUT2D eigenvalue weighted by atomic mass is 35.5. The number of aryl methyl sites for hydroxylation is 2. The molecule has 3 rings (SSSR count). The summed E-state index contributed by atoms with van der Waals surface area (Å²) in [6.07, 6.45) is 0.688. The van der Waals surface area contributed by atoms with Gasteiger partial charge in [0.25, 0.3) is 5.56 Å². The lowest BCUT2D eigenvalue weighted by Crippen LogP contribution is -2.26. The van der Waals surface area contributed by atoms with Crippen molar-refractivity contribution in [3.05, 3.63) is 49.3 Å². The highest BCUT2D eigenvalue weighted by Crippen LogP contribution is 2.38. The lowest BCUT2D eigenvalue weighted by Gasteiger charge is -2.11. The van der Waals surface area contributed by atoms with Crippen LogP contribution in [0.3, 0.4) is 0 Å². The van der Waals surface area contributed by atoms with Crippen LogP contribution in [0, 0.1) is 6.92 Å². The molecule has 3 aromatic rings. The first-order chi connectivity index (χ1) is 12.0. The molecule has 0 saturated carbocycles. The van der Waals surface area contributed by atoms with Crippen LogP contribution in [0.1, 0.15) is 17.6 Å². The molecule has 0 amide bonds. The fourth-order valence-corrected chi connectivity index (χ4v) is 4.27. The van der Waals surface area contributed by atoms with Crippen LogP contribution < -0.4 is 5.56 Å². The van der Waals surface area contributed by atoms with Crippen LogP contribution in [0.25, 0.3) is 21.3 Å². The Bertz CT molecular complexity index is 995. The largest absolute Gasteiger partial charge is 0.383 e. The lowest BCUT2D eigenvalue weighted by molar-refractivity contribution is 0.185. The first-order valence-corrected chi connectivity index (χ1v) is 9.52. The first-order valence-electron chi connectivity index (χ1n) is 7.95. The van der Waals surface area contributed by atoms with Gasteiger partial charge in [0.1, 0.15) is 10.7 Å².